The molecule has 3 heteroatoms. The van der Waals surface area contributed by atoms with Gasteiger partial charge in [0.2, 0.25) is 0 Å². The van der Waals surface area contributed by atoms with Crippen molar-refractivity contribution in [3.8, 4) is 11.3 Å². The highest BCUT2D eigenvalue weighted by molar-refractivity contribution is 5.90. The number of methoxy groups -OCH3 is 1. The van der Waals surface area contributed by atoms with E-state index in [1.165, 1.54) is 7.11 Å². The maximum atomic E-state index is 11.6. The van der Waals surface area contributed by atoms with Gasteiger partial charge in [0.15, 0.2) is 0 Å². The second-order valence-corrected chi connectivity index (χ2v) is 3.90. The van der Waals surface area contributed by atoms with Crippen LogP contribution < -0.4 is 0 Å². The number of esters is 1. The highest BCUT2D eigenvalue weighted by Crippen LogP contribution is 2.19. The zero-order chi connectivity index (χ0) is 13.0. The summed E-state index contributed by atoms with van der Waals surface area (Å²) in [5.74, 6) is -0.334. The lowest BCUT2D eigenvalue weighted by Gasteiger charge is -2.08. The van der Waals surface area contributed by atoms with Crippen LogP contribution in [0.15, 0.2) is 42.5 Å². The van der Waals surface area contributed by atoms with E-state index in [1.807, 2.05) is 43.3 Å². The van der Waals surface area contributed by atoms with Crippen LogP contribution in [0.4, 0.5) is 0 Å². The Kier molecular flexibility index (Phi) is 3.72. The molecule has 0 aliphatic heterocycles. The van der Waals surface area contributed by atoms with E-state index < -0.39 is 0 Å². The zero-order valence-corrected chi connectivity index (χ0v) is 10.5. The topological polar surface area (TPSA) is 39.2 Å². The summed E-state index contributed by atoms with van der Waals surface area (Å²) in [6, 6.07) is 13.5. The summed E-state index contributed by atoms with van der Waals surface area (Å²) in [5, 5.41) is 0. The highest BCUT2D eigenvalue weighted by Gasteiger charge is 2.12. The van der Waals surface area contributed by atoms with Gasteiger partial charge in [0.1, 0.15) is 0 Å². The molecule has 3 nitrogen and oxygen atoms in total. The number of benzene rings is 1. The monoisotopic (exact) mass is 241 g/mol. The number of hydrogen-bond acceptors (Lipinski definition) is 3. The van der Waals surface area contributed by atoms with Crippen LogP contribution >= 0.6 is 0 Å². The molecule has 0 atom stereocenters. The number of pyridine rings is 1. The number of rotatable bonds is 3. The van der Waals surface area contributed by atoms with Crippen LogP contribution in [0.5, 0.6) is 0 Å². The Morgan fingerprint density at radius 2 is 1.89 bits per heavy atom. The maximum absolute atomic E-state index is 11.6. The molecule has 1 aromatic heterocycles. The summed E-state index contributed by atoms with van der Waals surface area (Å²) in [7, 11) is 1.38. The van der Waals surface area contributed by atoms with Crippen molar-refractivity contribution >= 4 is 5.97 Å². The Labute approximate surface area is 106 Å². The minimum atomic E-state index is -0.334. The van der Waals surface area contributed by atoms with Gasteiger partial charge in [-0.2, -0.15) is 0 Å². The third-order valence-electron chi connectivity index (χ3n) is 2.78. The molecule has 0 bridgehead atoms. The van der Waals surface area contributed by atoms with E-state index in [4.69, 9.17) is 4.74 Å². The molecule has 2 rings (SSSR count). The maximum Gasteiger partial charge on any atom is 0.339 e. The summed E-state index contributed by atoms with van der Waals surface area (Å²) in [6.45, 7) is 1.98. The molecule has 2 aromatic rings. The number of carbonyl (C=O) groups excluding carboxylic acids is 1. The largest absolute Gasteiger partial charge is 0.465 e. The van der Waals surface area contributed by atoms with Crippen molar-refractivity contribution in [2.45, 2.75) is 13.3 Å². The van der Waals surface area contributed by atoms with E-state index in [0.29, 0.717) is 12.0 Å². The Balaban J connectivity index is 2.45. The lowest BCUT2D eigenvalue weighted by atomic mass is 10.1. The summed E-state index contributed by atoms with van der Waals surface area (Å²) >= 11 is 0. The number of carbonyl (C=O) groups is 1. The summed E-state index contributed by atoms with van der Waals surface area (Å²) < 4.78 is 4.75. The van der Waals surface area contributed by atoms with Crippen molar-refractivity contribution in [3.63, 3.8) is 0 Å². The van der Waals surface area contributed by atoms with Crippen molar-refractivity contribution in [3.05, 3.63) is 53.7 Å². The average Bonchev–Trinajstić information content (AvgIpc) is 2.46. The van der Waals surface area contributed by atoms with Crippen molar-refractivity contribution in [2.24, 2.45) is 0 Å². The van der Waals surface area contributed by atoms with Gasteiger partial charge in [0.05, 0.1) is 24.1 Å². The van der Waals surface area contributed by atoms with Crippen molar-refractivity contribution in [1.29, 1.82) is 0 Å². The number of aromatic nitrogens is 1. The molecule has 0 saturated heterocycles. The van der Waals surface area contributed by atoms with Crippen LogP contribution in [-0.2, 0) is 11.2 Å². The predicted octanol–water partition coefficient (Wildman–Crippen LogP) is 3.10. The van der Waals surface area contributed by atoms with E-state index >= 15 is 0 Å². The van der Waals surface area contributed by atoms with Crippen LogP contribution in [0.2, 0.25) is 0 Å². The Hall–Kier alpha value is -2.16. The van der Waals surface area contributed by atoms with E-state index in [-0.39, 0.29) is 5.97 Å². The molecule has 0 radical (unpaired) electrons. The van der Waals surface area contributed by atoms with Gasteiger partial charge in [-0.15, -0.1) is 0 Å². The van der Waals surface area contributed by atoms with Gasteiger partial charge in [0, 0.05) is 5.56 Å². The predicted molar refractivity (Wildman–Crippen MR) is 70.4 cm³/mol. The summed E-state index contributed by atoms with van der Waals surface area (Å²) in [4.78, 5) is 16.1. The fourth-order valence-electron chi connectivity index (χ4n) is 1.84. The van der Waals surface area contributed by atoms with Gasteiger partial charge in [-0.25, -0.2) is 4.79 Å². The van der Waals surface area contributed by atoms with Crippen LogP contribution in [0.1, 0.15) is 23.0 Å². The molecule has 1 aromatic carbocycles. The fourth-order valence-corrected chi connectivity index (χ4v) is 1.84. The minimum absolute atomic E-state index is 0.334. The number of hydrogen-bond donors (Lipinski definition) is 0. The smallest absolute Gasteiger partial charge is 0.339 e. The van der Waals surface area contributed by atoms with Gasteiger partial charge in [0.25, 0.3) is 0 Å². The molecule has 0 fully saturated rings. The second-order valence-electron chi connectivity index (χ2n) is 3.90. The molecule has 0 aliphatic rings. The molecule has 0 N–H and O–H groups in total. The second kappa shape index (κ2) is 5.45. The Bertz CT molecular complexity index is 550. The van der Waals surface area contributed by atoms with Crippen molar-refractivity contribution in [1.82, 2.24) is 4.98 Å². The van der Waals surface area contributed by atoms with Gasteiger partial charge in [-0.3, -0.25) is 4.98 Å². The summed E-state index contributed by atoms with van der Waals surface area (Å²) in [6.07, 6.45) is 0.700. The van der Waals surface area contributed by atoms with E-state index in [2.05, 4.69) is 4.98 Å². The van der Waals surface area contributed by atoms with Crippen molar-refractivity contribution < 1.29 is 9.53 Å². The molecule has 0 unspecified atom stereocenters. The van der Waals surface area contributed by atoms with Crippen LogP contribution in [0.25, 0.3) is 11.3 Å². The molecule has 92 valence electrons. The lowest BCUT2D eigenvalue weighted by molar-refractivity contribution is 0.0599. The van der Waals surface area contributed by atoms with Crippen LogP contribution in [0, 0.1) is 0 Å². The molecular formula is C15H15NO2. The third-order valence-corrected chi connectivity index (χ3v) is 2.78. The third kappa shape index (κ3) is 2.40. The molecular weight excluding hydrogens is 226 g/mol. The first-order chi connectivity index (χ1) is 8.76. The first kappa shape index (κ1) is 12.3. The first-order valence-electron chi connectivity index (χ1n) is 5.90. The molecule has 18 heavy (non-hydrogen) atoms. The standard InChI is InChI=1S/C15H15NO2/c1-3-13-12(15(17)18-2)9-10-14(16-13)11-7-5-4-6-8-11/h4-10H,3H2,1-2H3. The van der Waals surface area contributed by atoms with Crippen LogP contribution in [0.3, 0.4) is 0 Å². The average molecular weight is 241 g/mol. The molecule has 0 spiro atoms. The SMILES string of the molecule is CCc1nc(-c2ccccc2)ccc1C(=O)OC. The molecule has 0 saturated carbocycles. The van der Waals surface area contributed by atoms with E-state index in [9.17, 15) is 4.79 Å². The van der Waals surface area contributed by atoms with Gasteiger partial charge in [-0.1, -0.05) is 37.3 Å². The normalized spacial score (nSPS) is 10.1. The Morgan fingerprint density at radius 1 is 1.17 bits per heavy atom. The van der Waals surface area contributed by atoms with Gasteiger partial charge >= 0.3 is 5.97 Å². The Morgan fingerprint density at radius 3 is 2.50 bits per heavy atom. The minimum Gasteiger partial charge on any atom is -0.465 e. The van der Waals surface area contributed by atoms with E-state index in [1.54, 1.807) is 6.07 Å². The number of nitrogens with zero attached hydrogens (tertiary/aromatic N) is 1. The fraction of sp³-hybridized carbons (Fsp3) is 0.200. The molecule has 0 amide bonds. The molecule has 0 aliphatic carbocycles. The number of ether oxygens (including phenoxy) is 1. The molecule has 1 heterocycles. The zero-order valence-electron chi connectivity index (χ0n) is 10.5. The van der Waals surface area contributed by atoms with Crippen LogP contribution in [-0.4, -0.2) is 18.1 Å². The number of aryl methyl sites for hydroxylation is 1. The highest BCUT2D eigenvalue weighted by atomic mass is 16.5. The lowest BCUT2D eigenvalue weighted by Crippen LogP contribution is -2.07. The van der Waals surface area contributed by atoms with Gasteiger partial charge < -0.3 is 4.74 Å². The quantitative estimate of drug-likeness (QED) is 0.775. The van der Waals surface area contributed by atoms with E-state index in [0.717, 1.165) is 17.0 Å². The first-order valence-corrected chi connectivity index (χ1v) is 5.90. The van der Waals surface area contributed by atoms with Crippen molar-refractivity contribution in [2.75, 3.05) is 7.11 Å². The van der Waals surface area contributed by atoms with Gasteiger partial charge in [-0.05, 0) is 18.6 Å². The summed E-state index contributed by atoms with van der Waals surface area (Å²) in [5.41, 5.74) is 3.23.